The summed E-state index contributed by atoms with van der Waals surface area (Å²) in [5.41, 5.74) is -4.31. The molecule has 0 aromatic heterocycles. The number of hydrogen-bond donors (Lipinski definition) is 1. The van der Waals surface area contributed by atoms with Gasteiger partial charge >= 0.3 is 18.5 Å². The summed E-state index contributed by atoms with van der Waals surface area (Å²) in [4.78, 5) is 12.4. The fraction of sp³-hybridized carbons (Fsp3) is 0.348. The number of carbonyl (C=O) groups is 1. The number of alkyl halides is 9. The first-order valence-corrected chi connectivity index (χ1v) is 14.1. The lowest BCUT2D eigenvalue weighted by molar-refractivity contribution is -0.140. The van der Waals surface area contributed by atoms with Crippen molar-refractivity contribution in [2.24, 2.45) is 0 Å². The molecule has 2 aromatic carbocycles. The van der Waals surface area contributed by atoms with Gasteiger partial charge in [-0.2, -0.15) is 39.5 Å². The number of allylic oxidation sites excluding steroid dienone is 1. The van der Waals surface area contributed by atoms with Crippen molar-refractivity contribution >= 4 is 53.4 Å². The summed E-state index contributed by atoms with van der Waals surface area (Å²) in [7, 11) is -4.79. The summed E-state index contributed by atoms with van der Waals surface area (Å²) in [6.07, 6.45) is -15.4. The maximum Gasteiger partial charge on any atom is 0.417 e. The Hall–Kier alpha value is -2.14. The van der Waals surface area contributed by atoms with Crippen molar-refractivity contribution in [2.75, 3.05) is 11.5 Å². The normalized spacial score (nSPS) is 15.1. The minimum atomic E-state index is -5.32. The summed E-state index contributed by atoms with van der Waals surface area (Å²) < 4.78 is 158. The molecule has 17 heteroatoms. The fourth-order valence-electron chi connectivity index (χ4n) is 3.49. The molecule has 2 aromatic rings. The Morgan fingerprint density at radius 1 is 0.950 bits per heavy atom. The van der Waals surface area contributed by atoms with Gasteiger partial charge in [-0.3, -0.25) is 4.79 Å². The molecular weight excluding hydrogens is 720 g/mol. The van der Waals surface area contributed by atoms with Crippen LogP contribution in [0.5, 0.6) is 0 Å². The Morgan fingerprint density at radius 2 is 1.55 bits per heavy atom. The largest absolute Gasteiger partial charge is 0.417 e. The van der Waals surface area contributed by atoms with Crippen LogP contribution < -0.4 is 5.32 Å². The minimum absolute atomic E-state index is 0.0680. The quantitative estimate of drug-likeness (QED) is 0.280. The Bertz CT molecular complexity index is 1390. The first-order chi connectivity index (χ1) is 18.0. The minimum Gasteiger partial charge on any atom is -0.349 e. The van der Waals surface area contributed by atoms with Crippen LogP contribution in [0.1, 0.15) is 39.9 Å². The van der Waals surface area contributed by atoms with Crippen LogP contribution in [-0.2, 0) is 16.0 Å². The third kappa shape index (κ3) is 9.75. The molecule has 0 heterocycles. The van der Waals surface area contributed by atoms with Gasteiger partial charge in [0.1, 0.15) is 17.5 Å². The molecule has 2 unspecified atom stereocenters. The second-order valence-corrected chi connectivity index (χ2v) is 12.3. The van der Waals surface area contributed by atoms with Gasteiger partial charge < -0.3 is 5.32 Å². The Morgan fingerprint density at radius 3 is 2.05 bits per heavy atom. The molecule has 222 valence electrons. The first kappa shape index (κ1) is 34.1. The zero-order chi connectivity index (χ0) is 30.8. The topological polar surface area (TPSA) is 63.2 Å². The highest BCUT2D eigenvalue weighted by atomic mass is 79.9. The maximum absolute atomic E-state index is 14.9. The molecule has 0 saturated heterocycles. The van der Waals surface area contributed by atoms with Gasteiger partial charge in [-0.25, -0.2) is 12.8 Å². The zero-order valence-corrected chi connectivity index (χ0v) is 23.8. The Labute approximate surface area is 238 Å². The summed E-state index contributed by atoms with van der Waals surface area (Å²) >= 11 is 6.09. The number of carbonyl (C=O) groups excluding carboxylic acids is 1. The van der Waals surface area contributed by atoms with E-state index < -0.39 is 85.8 Å². The van der Waals surface area contributed by atoms with Crippen LogP contribution in [0.3, 0.4) is 0 Å². The van der Waals surface area contributed by atoms with E-state index in [0.29, 0.717) is 16.6 Å². The number of amides is 1. The monoisotopic (exact) mass is 735 g/mol. The van der Waals surface area contributed by atoms with Gasteiger partial charge in [0.05, 0.1) is 16.9 Å². The fourth-order valence-corrected chi connectivity index (χ4v) is 5.59. The van der Waals surface area contributed by atoms with Crippen molar-refractivity contribution in [1.82, 2.24) is 5.32 Å². The van der Waals surface area contributed by atoms with E-state index in [1.807, 2.05) is 5.32 Å². The summed E-state index contributed by atoms with van der Waals surface area (Å²) in [5, 5.41) is 1.83. The van der Waals surface area contributed by atoms with Gasteiger partial charge in [0.15, 0.2) is 9.84 Å². The number of hydrogen-bond acceptors (Lipinski definition) is 3. The van der Waals surface area contributed by atoms with Gasteiger partial charge in [0.2, 0.25) is 0 Å². The lowest BCUT2D eigenvalue weighted by Crippen LogP contribution is -2.40. The smallest absolute Gasteiger partial charge is 0.349 e. The van der Waals surface area contributed by atoms with E-state index in [-0.39, 0.29) is 16.6 Å². The van der Waals surface area contributed by atoms with Crippen molar-refractivity contribution in [2.45, 2.75) is 37.4 Å². The molecule has 1 amide bonds. The highest BCUT2D eigenvalue weighted by molar-refractivity contribution is 9.13. The molecule has 0 bridgehead atoms. The van der Waals surface area contributed by atoms with Crippen LogP contribution in [0, 0.1) is 0 Å². The number of benzene rings is 2. The van der Waals surface area contributed by atoms with E-state index in [1.54, 1.807) is 0 Å². The zero-order valence-electron chi connectivity index (χ0n) is 19.8. The molecule has 0 fully saturated rings. The van der Waals surface area contributed by atoms with Crippen LogP contribution in [0.4, 0.5) is 43.9 Å². The van der Waals surface area contributed by atoms with Crippen LogP contribution in [0.15, 0.2) is 51.4 Å². The average molecular weight is 737 g/mol. The first-order valence-electron chi connectivity index (χ1n) is 10.7. The SMILES string of the molecule is CC(CS(=O)(=O)CC(F)(F)F)NC(=O)c1ccc(/C(F)=C/C(c2ccc(Br)c(Br)c2)C(F)(F)F)cc1C(F)(F)F. The van der Waals surface area contributed by atoms with Crippen LogP contribution in [-0.4, -0.2) is 44.2 Å². The van der Waals surface area contributed by atoms with Crippen molar-refractivity contribution in [3.8, 4) is 0 Å². The Balaban J connectivity index is 2.43. The van der Waals surface area contributed by atoms with Gasteiger partial charge in [-0.15, -0.1) is 0 Å². The van der Waals surface area contributed by atoms with E-state index in [1.165, 1.54) is 6.07 Å². The van der Waals surface area contributed by atoms with Crippen molar-refractivity contribution in [3.05, 3.63) is 73.7 Å². The van der Waals surface area contributed by atoms with E-state index >= 15 is 0 Å². The molecule has 2 atom stereocenters. The van der Waals surface area contributed by atoms with E-state index in [4.69, 9.17) is 0 Å². The molecule has 0 radical (unpaired) electrons. The number of rotatable bonds is 8. The lowest BCUT2D eigenvalue weighted by atomic mass is 9.95. The highest BCUT2D eigenvalue weighted by Crippen LogP contribution is 2.41. The molecule has 0 aliphatic rings. The van der Waals surface area contributed by atoms with E-state index in [2.05, 4.69) is 31.9 Å². The summed E-state index contributed by atoms with van der Waals surface area (Å²) in [6, 6.07) is 2.90. The van der Waals surface area contributed by atoms with E-state index in [0.717, 1.165) is 19.1 Å². The molecule has 0 aliphatic carbocycles. The molecule has 0 saturated carbocycles. The standard InChI is InChI=1S/C23H17Br2F10NO3S/c1-11(9-40(38,39)10-21(27,28)29)36-20(37)14-4-2-13(6-16(14)23(33,34)35)19(26)8-15(22(30,31)32)12-3-5-17(24)18(25)7-12/h2-8,11,15H,9-10H2,1H3,(H,36,37)/b19-8-. The van der Waals surface area contributed by atoms with Gasteiger partial charge in [-0.1, -0.05) is 12.1 Å². The van der Waals surface area contributed by atoms with Gasteiger partial charge in [-0.05, 0) is 74.7 Å². The van der Waals surface area contributed by atoms with Gasteiger partial charge in [0, 0.05) is 20.6 Å². The molecular formula is C23H17Br2F10NO3S. The lowest BCUT2D eigenvalue weighted by Gasteiger charge is -2.19. The average Bonchev–Trinajstić information content (AvgIpc) is 2.75. The summed E-state index contributed by atoms with van der Waals surface area (Å²) in [6.45, 7) is 0.938. The third-order valence-corrected chi connectivity index (χ3v) is 8.73. The van der Waals surface area contributed by atoms with Crippen molar-refractivity contribution in [3.63, 3.8) is 0 Å². The summed E-state index contributed by atoms with van der Waals surface area (Å²) in [5.74, 6) is -9.27. The third-order valence-electron chi connectivity index (χ3n) is 5.08. The predicted octanol–water partition coefficient (Wildman–Crippen LogP) is 7.98. The molecule has 0 aliphatic heterocycles. The predicted molar refractivity (Wildman–Crippen MR) is 133 cm³/mol. The Kier molecular flexibility index (Phi) is 10.5. The van der Waals surface area contributed by atoms with Crippen LogP contribution >= 0.6 is 31.9 Å². The van der Waals surface area contributed by atoms with Gasteiger partial charge in [0.25, 0.3) is 5.91 Å². The molecule has 4 nitrogen and oxygen atoms in total. The second-order valence-electron chi connectivity index (χ2n) is 8.51. The van der Waals surface area contributed by atoms with Crippen LogP contribution in [0.25, 0.3) is 5.83 Å². The van der Waals surface area contributed by atoms with E-state index in [9.17, 15) is 57.1 Å². The molecule has 2 rings (SSSR count). The molecule has 40 heavy (non-hydrogen) atoms. The number of sulfone groups is 1. The highest BCUT2D eigenvalue weighted by Gasteiger charge is 2.41. The van der Waals surface area contributed by atoms with Crippen molar-refractivity contribution < 1.29 is 57.1 Å². The number of nitrogens with one attached hydrogen (secondary N) is 1. The number of halogens is 12. The van der Waals surface area contributed by atoms with Crippen LogP contribution in [0.2, 0.25) is 0 Å². The second kappa shape index (κ2) is 12.4. The maximum atomic E-state index is 14.9. The van der Waals surface area contributed by atoms with Crippen molar-refractivity contribution in [1.29, 1.82) is 0 Å². The molecule has 0 spiro atoms. The molecule has 1 N–H and O–H groups in total.